The van der Waals surface area contributed by atoms with Gasteiger partial charge >= 0.3 is 41.8 Å². The van der Waals surface area contributed by atoms with E-state index < -0.39 is 79.1 Å². The van der Waals surface area contributed by atoms with E-state index in [2.05, 4.69) is 35.4 Å². The van der Waals surface area contributed by atoms with E-state index in [4.69, 9.17) is 0 Å². The first-order valence-corrected chi connectivity index (χ1v) is 19.9. The molecule has 1 aliphatic rings. The summed E-state index contributed by atoms with van der Waals surface area (Å²) < 4.78 is 170. The molecule has 0 aliphatic heterocycles. The van der Waals surface area contributed by atoms with Crippen LogP contribution in [0, 0.1) is 45.9 Å². The molecule has 1 aliphatic carbocycles. The predicted molar refractivity (Wildman–Crippen MR) is 203 cm³/mol. The van der Waals surface area contributed by atoms with Crippen LogP contribution in [0.3, 0.4) is 0 Å². The molecule has 5 aromatic carbocycles. The number of hydrogen-bond donors (Lipinski definition) is 0. The van der Waals surface area contributed by atoms with Crippen molar-refractivity contribution in [2.75, 3.05) is 0 Å². The standard InChI is InChI=1S/C39H30F12P2.C5.Fe/c1-21-9-22(2)12-30(11-21)52(31-13-23(3)10-24(4)14-31)25(5)34-7-6-8-35(34)53(32-17-26(36(40,41)42)15-27(18-32)37(43,44)45)33-19-28(38(46,47)48)16-29(20-33)39(49,50)51;1-2-4-5-3-1;/h6,8-20,25H,1-5H3;;/q2*-1;+2/t25-;;/m0../s1. The zero-order valence-corrected chi connectivity index (χ0v) is 34.3. The first-order chi connectivity index (χ1) is 26.8. The normalized spacial score (nSPS) is 13.2. The van der Waals surface area contributed by atoms with Gasteiger partial charge in [0.2, 0.25) is 0 Å². The van der Waals surface area contributed by atoms with Crippen molar-refractivity contribution in [1.29, 1.82) is 0 Å². The average Bonchev–Trinajstić information content (AvgIpc) is 3.83. The van der Waals surface area contributed by atoms with Crippen LogP contribution in [-0.2, 0) is 41.8 Å². The van der Waals surface area contributed by atoms with Crippen LogP contribution in [0.25, 0.3) is 0 Å². The molecule has 2 radical (unpaired) electrons. The fourth-order valence-corrected chi connectivity index (χ4v) is 12.3. The summed E-state index contributed by atoms with van der Waals surface area (Å²) >= 11 is 0. The Labute approximate surface area is 346 Å². The molecule has 0 spiro atoms. The van der Waals surface area contributed by atoms with E-state index in [1.165, 1.54) is 12.1 Å². The summed E-state index contributed by atoms with van der Waals surface area (Å²) in [5, 5.41) is 0.233. The van der Waals surface area contributed by atoms with E-state index in [0.717, 1.165) is 32.9 Å². The minimum atomic E-state index is -5.34. The number of allylic oxidation sites excluding steroid dienone is 2. The van der Waals surface area contributed by atoms with Crippen LogP contribution >= 0.6 is 15.8 Å². The van der Waals surface area contributed by atoms with Crippen LogP contribution in [0.2, 0.25) is 0 Å². The van der Waals surface area contributed by atoms with Crippen molar-refractivity contribution < 1.29 is 69.8 Å². The quantitative estimate of drug-likeness (QED) is 0.0502. The Bertz CT molecular complexity index is 2200. The van der Waals surface area contributed by atoms with Crippen LogP contribution in [0.5, 0.6) is 0 Å². The van der Waals surface area contributed by atoms with Crippen molar-refractivity contribution in [1.82, 2.24) is 0 Å². The van der Waals surface area contributed by atoms with Gasteiger partial charge in [-0.3, -0.25) is 11.5 Å². The third kappa shape index (κ3) is 11.8. The Balaban J connectivity index is 0.00000119. The number of alkyl halides is 12. The molecular weight excluding hydrogens is 874 g/mol. The summed E-state index contributed by atoms with van der Waals surface area (Å²) in [6, 6.07) is 18.5. The van der Waals surface area contributed by atoms with Gasteiger partial charge in [-0.1, -0.05) is 73.5 Å². The van der Waals surface area contributed by atoms with Gasteiger partial charge in [-0.2, -0.15) is 64.3 Å². The number of halogens is 12. The van der Waals surface area contributed by atoms with Gasteiger partial charge in [-0.05, 0) is 98.9 Å². The van der Waals surface area contributed by atoms with E-state index >= 15 is 0 Å². The van der Waals surface area contributed by atoms with Crippen LogP contribution in [0.1, 0.15) is 62.7 Å². The average molecular weight is 904 g/mol. The van der Waals surface area contributed by atoms with Crippen molar-refractivity contribution >= 4 is 42.4 Å². The Morgan fingerprint density at radius 2 is 0.898 bits per heavy atom. The summed E-state index contributed by atoms with van der Waals surface area (Å²) in [7, 11) is -4.37. The van der Waals surface area contributed by atoms with Crippen LogP contribution in [-0.4, -0.2) is 0 Å². The van der Waals surface area contributed by atoms with E-state index in [9.17, 15) is 52.7 Å². The van der Waals surface area contributed by atoms with E-state index in [-0.39, 0.29) is 40.1 Å². The molecule has 0 fully saturated rings. The zero-order chi connectivity index (χ0) is 43.0. The smallest absolute Gasteiger partial charge is 0.288 e. The molecule has 1 atom stereocenters. The molecule has 0 heterocycles. The van der Waals surface area contributed by atoms with Gasteiger partial charge in [0.15, 0.2) is 0 Å². The van der Waals surface area contributed by atoms with Crippen LogP contribution < -0.4 is 26.5 Å². The van der Waals surface area contributed by atoms with Crippen molar-refractivity contribution in [2.45, 2.75) is 65.0 Å². The third-order valence-electron chi connectivity index (χ3n) is 8.74. The molecule has 6 rings (SSSR count). The Morgan fingerprint density at radius 3 is 1.19 bits per heavy atom. The third-order valence-corrected chi connectivity index (χ3v) is 13.8. The molecular formula is C44H30F12FeP2. The monoisotopic (exact) mass is 904 g/mol. The molecule has 0 nitrogen and oxygen atoms in total. The van der Waals surface area contributed by atoms with E-state index in [0.29, 0.717) is 24.3 Å². The number of aryl methyl sites for hydroxylation is 4. The maximum Gasteiger partial charge on any atom is 2.00 e. The first-order valence-electron chi connectivity index (χ1n) is 17.1. The Morgan fingerprint density at radius 1 is 0.525 bits per heavy atom. The van der Waals surface area contributed by atoms with Gasteiger partial charge < -0.3 is 0 Å². The second kappa shape index (κ2) is 18.2. The van der Waals surface area contributed by atoms with Crippen molar-refractivity contribution in [3.05, 3.63) is 170 Å². The molecule has 0 aromatic heterocycles. The van der Waals surface area contributed by atoms with Crippen LogP contribution in [0.15, 0.2) is 102 Å². The summed E-state index contributed by atoms with van der Waals surface area (Å²) in [5.41, 5.74) is 3.74. The van der Waals surface area contributed by atoms with Crippen molar-refractivity contribution in [2.24, 2.45) is 0 Å². The molecule has 59 heavy (non-hydrogen) atoms. The summed E-state index contributed by atoms with van der Waals surface area (Å²) in [6.07, 6.45) is -16.3. The van der Waals surface area contributed by atoms with E-state index in [1.807, 2.05) is 64.1 Å². The zero-order valence-electron chi connectivity index (χ0n) is 31.4. The Hall–Kier alpha value is -4.15. The van der Waals surface area contributed by atoms with Gasteiger partial charge in [0.05, 0.1) is 22.3 Å². The SMILES string of the molecule is Cc1cc(C)cc(P(c2cc(C)cc(C)c2)[C@@H](C)c2[c]cc[c-]2P(c2cc(C(F)(F)F)cc(C(F)(F)F)c2)c2cc(C(F)(F)F)cc(C(F)(F)F)c2)c1.[C]1=C=C=C=[C-]1.[Fe+2]. The summed E-state index contributed by atoms with van der Waals surface area (Å²) in [6.45, 7) is 9.30. The van der Waals surface area contributed by atoms with Gasteiger partial charge in [0, 0.05) is 0 Å². The molecule has 5 aromatic rings. The largest absolute Gasteiger partial charge is 2.00 e. The second-order valence-corrected chi connectivity index (χ2v) is 18.2. The maximum absolute atomic E-state index is 14.1. The van der Waals surface area contributed by atoms with Crippen molar-refractivity contribution in [3.63, 3.8) is 0 Å². The van der Waals surface area contributed by atoms with E-state index in [1.54, 1.807) is 6.92 Å². The summed E-state index contributed by atoms with van der Waals surface area (Å²) in [5.74, 6) is 0. The molecule has 0 unspecified atom stereocenters. The van der Waals surface area contributed by atoms with Gasteiger partial charge in [0.1, 0.15) is 0 Å². The number of benzene rings is 4. The Kier molecular flexibility index (Phi) is 14.7. The summed E-state index contributed by atoms with van der Waals surface area (Å²) in [4.78, 5) is 0. The maximum atomic E-state index is 14.1. The molecule has 15 heteroatoms. The fourth-order valence-electron chi connectivity index (χ4n) is 6.53. The topological polar surface area (TPSA) is 0 Å². The van der Waals surface area contributed by atoms with Gasteiger partial charge in [0.25, 0.3) is 0 Å². The molecule has 308 valence electrons. The molecule has 0 saturated carbocycles. The second-order valence-electron chi connectivity index (χ2n) is 13.5. The van der Waals surface area contributed by atoms with Gasteiger partial charge in [-0.15, -0.1) is 17.5 Å². The van der Waals surface area contributed by atoms with Gasteiger partial charge in [-0.25, -0.2) is 17.9 Å². The predicted octanol–water partition coefficient (Wildman–Crippen LogP) is 12.1. The number of rotatable bonds is 7. The minimum absolute atomic E-state index is 0. The van der Waals surface area contributed by atoms with Crippen molar-refractivity contribution in [3.8, 4) is 0 Å². The number of hydrogen-bond acceptors (Lipinski definition) is 0. The molecule has 0 amide bonds. The molecule has 0 saturated heterocycles. The molecule has 0 bridgehead atoms. The van der Waals surface area contributed by atoms with Crippen LogP contribution in [0.4, 0.5) is 52.7 Å². The minimum Gasteiger partial charge on any atom is -0.288 e. The molecule has 0 N–H and O–H groups in total. The fraction of sp³-hybridized carbons (Fsp3) is 0.227. The first kappa shape index (κ1) is 47.5.